The zero-order chi connectivity index (χ0) is 13.2. The molecule has 1 N–H and O–H groups in total. The Labute approximate surface area is 121 Å². The van der Waals surface area contributed by atoms with Crippen molar-refractivity contribution in [3.8, 4) is 0 Å². The van der Waals surface area contributed by atoms with E-state index < -0.39 is 0 Å². The number of hydrogen-bond donors (Lipinski definition) is 1. The molecule has 0 aromatic carbocycles. The zero-order valence-electron chi connectivity index (χ0n) is 10.9. The van der Waals surface area contributed by atoms with Crippen LogP contribution in [0.4, 0.5) is 5.69 Å². The number of nitrogens with zero attached hydrogens (tertiary/aromatic N) is 3. The number of rotatable bonds is 3. The zero-order valence-corrected chi connectivity index (χ0v) is 12.5. The molecule has 0 bridgehead atoms. The predicted molar refractivity (Wildman–Crippen MR) is 81.5 cm³/mol. The maximum atomic E-state index is 4.55. The fourth-order valence-corrected chi connectivity index (χ4v) is 3.07. The number of aromatic nitrogens is 2. The molecule has 1 aliphatic rings. The SMILES string of the molecule is CCN(c1ccnc2cc(Br)cnc12)C1CCNC1. The Bertz CT molecular complexity index is 581. The van der Waals surface area contributed by atoms with Gasteiger partial charge in [-0.2, -0.15) is 0 Å². The minimum atomic E-state index is 0.557. The van der Waals surface area contributed by atoms with Crippen molar-refractivity contribution in [2.24, 2.45) is 0 Å². The van der Waals surface area contributed by atoms with E-state index in [9.17, 15) is 0 Å². The van der Waals surface area contributed by atoms with Gasteiger partial charge in [0.2, 0.25) is 0 Å². The highest BCUT2D eigenvalue weighted by Gasteiger charge is 2.23. The molecule has 1 atom stereocenters. The van der Waals surface area contributed by atoms with Crippen LogP contribution >= 0.6 is 15.9 Å². The summed E-state index contributed by atoms with van der Waals surface area (Å²) in [6.07, 6.45) is 4.90. The Hall–Kier alpha value is -1.20. The monoisotopic (exact) mass is 320 g/mol. The second-order valence-electron chi connectivity index (χ2n) is 4.78. The summed E-state index contributed by atoms with van der Waals surface area (Å²) < 4.78 is 0.968. The summed E-state index contributed by atoms with van der Waals surface area (Å²) in [6.45, 7) is 5.34. The van der Waals surface area contributed by atoms with Crippen LogP contribution in [0.25, 0.3) is 11.0 Å². The molecule has 0 amide bonds. The highest BCUT2D eigenvalue weighted by Crippen LogP contribution is 2.27. The van der Waals surface area contributed by atoms with E-state index in [1.807, 2.05) is 18.5 Å². The van der Waals surface area contributed by atoms with Crippen LogP contribution in [-0.4, -0.2) is 35.6 Å². The average Bonchev–Trinajstić information content (AvgIpc) is 2.93. The van der Waals surface area contributed by atoms with Crippen molar-refractivity contribution in [3.05, 3.63) is 29.0 Å². The van der Waals surface area contributed by atoms with Crippen molar-refractivity contribution in [1.82, 2.24) is 15.3 Å². The van der Waals surface area contributed by atoms with Gasteiger partial charge in [-0.15, -0.1) is 0 Å². The Morgan fingerprint density at radius 3 is 3.11 bits per heavy atom. The van der Waals surface area contributed by atoms with Crippen molar-refractivity contribution >= 4 is 32.7 Å². The first-order valence-corrected chi connectivity index (χ1v) is 7.46. The Morgan fingerprint density at radius 2 is 2.37 bits per heavy atom. The first-order valence-electron chi connectivity index (χ1n) is 6.67. The Kier molecular flexibility index (Phi) is 3.66. The smallest absolute Gasteiger partial charge is 0.112 e. The second-order valence-corrected chi connectivity index (χ2v) is 5.70. The van der Waals surface area contributed by atoms with Gasteiger partial charge in [-0.3, -0.25) is 9.97 Å². The maximum Gasteiger partial charge on any atom is 0.112 e. The average molecular weight is 321 g/mol. The molecule has 0 saturated carbocycles. The van der Waals surface area contributed by atoms with Gasteiger partial charge >= 0.3 is 0 Å². The largest absolute Gasteiger partial charge is 0.366 e. The van der Waals surface area contributed by atoms with E-state index in [4.69, 9.17) is 0 Å². The molecule has 19 heavy (non-hydrogen) atoms. The van der Waals surface area contributed by atoms with Gasteiger partial charge < -0.3 is 10.2 Å². The molecule has 1 saturated heterocycles. The molecule has 2 aromatic heterocycles. The predicted octanol–water partition coefficient (Wildman–Crippen LogP) is 2.58. The highest BCUT2D eigenvalue weighted by atomic mass is 79.9. The lowest BCUT2D eigenvalue weighted by atomic mass is 10.1. The second kappa shape index (κ2) is 5.43. The standard InChI is InChI=1S/C14H17BrN4/c1-2-19(11-3-5-16-9-11)13-4-6-17-12-7-10(15)8-18-14(12)13/h4,6-8,11,16H,2-3,5,9H2,1H3. The number of likely N-dealkylation sites (N-methyl/N-ethyl adjacent to an activating group) is 1. The molecular formula is C14H17BrN4. The summed E-state index contributed by atoms with van der Waals surface area (Å²) in [6, 6.07) is 4.65. The summed E-state index contributed by atoms with van der Waals surface area (Å²) in [7, 11) is 0. The number of hydrogen-bond acceptors (Lipinski definition) is 4. The third kappa shape index (κ3) is 2.44. The number of nitrogens with one attached hydrogen (secondary N) is 1. The molecule has 3 rings (SSSR count). The van der Waals surface area contributed by atoms with Gasteiger partial charge in [0.05, 0.1) is 11.2 Å². The molecule has 100 valence electrons. The fraction of sp³-hybridized carbons (Fsp3) is 0.429. The van der Waals surface area contributed by atoms with Crippen molar-refractivity contribution in [3.63, 3.8) is 0 Å². The summed E-state index contributed by atoms with van der Waals surface area (Å²) in [5.74, 6) is 0. The van der Waals surface area contributed by atoms with Gasteiger partial charge in [-0.1, -0.05) is 0 Å². The quantitative estimate of drug-likeness (QED) is 0.943. The van der Waals surface area contributed by atoms with Gasteiger partial charge in [0, 0.05) is 36.0 Å². The van der Waals surface area contributed by atoms with Crippen LogP contribution in [-0.2, 0) is 0 Å². The molecule has 0 aliphatic carbocycles. The molecular weight excluding hydrogens is 304 g/mol. The molecule has 0 spiro atoms. The summed E-state index contributed by atoms with van der Waals surface area (Å²) >= 11 is 3.45. The van der Waals surface area contributed by atoms with Crippen LogP contribution in [0.15, 0.2) is 29.0 Å². The summed E-state index contributed by atoms with van der Waals surface area (Å²) in [5.41, 5.74) is 3.12. The first-order chi connectivity index (χ1) is 9.29. The van der Waals surface area contributed by atoms with Gasteiger partial charge in [0.15, 0.2) is 0 Å². The number of pyridine rings is 2. The molecule has 1 fully saturated rings. The van der Waals surface area contributed by atoms with E-state index in [1.54, 1.807) is 0 Å². The lowest BCUT2D eigenvalue weighted by Gasteiger charge is -2.29. The molecule has 3 heterocycles. The minimum absolute atomic E-state index is 0.557. The third-order valence-corrected chi connectivity index (χ3v) is 4.08. The summed E-state index contributed by atoms with van der Waals surface area (Å²) in [4.78, 5) is 11.4. The first kappa shape index (κ1) is 12.8. The third-order valence-electron chi connectivity index (χ3n) is 3.65. The van der Waals surface area contributed by atoms with Crippen molar-refractivity contribution in [2.75, 3.05) is 24.5 Å². The molecule has 4 nitrogen and oxygen atoms in total. The van der Waals surface area contributed by atoms with Crippen LogP contribution in [0.5, 0.6) is 0 Å². The topological polar surface area (TPSA) is 41.1 Å². The lowest BCUT2D eigenvalue weighted by Crippen LogP contribution is -2.37. The molecule has 2 aromatic rings. The van der Waals surface area contributed by atoms with Crippen LogP contribution < -0.4 is 10.2 Å². The molecule has 5 heteroatoms. The van der Waals surface area contributed by atoms with E-state index in [-0.39, 0.29) is 0 Å². The minimum Gasteiger partial charge on any atom is -0.366 e. The van der Waals surface area contributed by atoms with E-state index >= 15 is 0 Å². The summed E-state index contributed by atoms with van der Waals surface area (Å²) in [5, 5.41) is 3.43. The Balaban J connectivity index is 2.07. The molecule has 1 aliphatic heterocycles. The van der Waals surface area contributed by atoms with Gasteiger partial charge in [-0.05, 0) is 48.0 Å². The van der Waals surface area contributed by atoms with E-state index in [2.05, 4.69) is 49.1 Å². The van der Waals surface area contributed by atoms with E-state index in [0.717, 1.165) is 35.1 Å². The van der Waals surface area contributed by atoms with E-state index in [1.165, 1.54) is 12.1 Å². The molecule has 0 radical (unpaired) electrons. The van der Waals surface area contributed by atoms with Gasteiger partial charge in [-0.25, -0.2) is 0 Å². The van der Waals surface area contributed by atoms with Crippen LogP contribution in [0.1, 0.15) is 13.3 Å². The van der Waals surface area contributed by atoms with Crippen molar-refractivity contribution in [1.29, 1.82) is 0 Å². The Morgan fingerprint density at radius 1 is 1.47 bits per heavy atom. The highest BCUT2D eigenvalue weighted by molar-refractivity contribution is 9.10. The van der Waals surface area contributed by atoms with Crippen LogP contribution in [0.3, 0.4) is 0 Å². The number of halogens is 1. The number of anilines is 1. The normalized spacial score (nSPS) is 18.9. The lowest BCUT2D eigenvalue weighted by molar-refractivity contribution is 0.649. The number of fused-ring (bicyclic) bond motifs is 1. The maximum absolute atomic E-state index is 4.55. The van der Waals surface area contributed by atoms with Gasteiger partial charge in [0.1, 0.15) is 5.52 Å². The van der Waals surface area contributed by atoms with Crippen LogP contribution in [0.2, 0.25) is 0 Å². The van der Waals surface area contributed by atoms with Gasteiger partial charge in [0.25, 0.3) is 0 Å². The van der Waals surface area contributed by atoms with Crippen molar-refractivity contribution < 1.29 is 0 Å². The van der Waals surface area contributed by atoms with Crippen molar-refractivity contribution in [2.45, 2.75) is 19.4 Å². The van der Waals surface area contributed by atoms with E-state index in [0.29, 0.717) is 6.04 Å². The fourth-order valence-electron chi connectivity index (χ4n) is 2.75. The molecule has 1 unspecified atom stereocenters. The van der Waals surface area contributed by atoms with Crippen LogP contribution in [0, 0.1) is 0 Å².